The number of nitro groups is 1. The highest BCUT2D eigenvalue weighted by Gasteiger charge is 2.24. The van der Waals surface area contributed by atoms with Crippen molar-refractivity contribution in [1.29, 1.82) is 0 Å². The Balaban J connectivity index is 2.12. The van der Waals surface area contributed by atoms with Gasteiger partial charge < -0.3 is 4.74 Å². The van der Waals surface area contributed by atoms with Crippen LogP contribution in [-0.4, -0.2) is 11.5 Å². The molecular weight excluding hydrogens is 278 g/mol. The molecule has 1 aliphatic rings. The number of ether oxygens (including phenoxy) is 1. The van der Waals surface area contributed by atoms with Gasteiger partial charge in [0.15, 0.2) is 0 Å². The summed E-state index contributed by atoms with van der Waals surface area (Å²) in [5, 5.41) is 10.8. The van der Waals surface area contributed by atoms with Crippen LogP contribution in [0.5, 0.6) is 0 Å². The Labute approximate surface area is 132 Å². The van der Waals surface area contributed by atoms with Crippen molar-refractivity contribution in [1.82, 2.24) is 0 Å². The van der Waals surface area contributed by atoms with Crippen molar-refractivity contribution in [2.24, 2.45) is 5.92 Å². The highest BCUT2D eigenvalue weighted by atomic mass is 16.6. The molecule has 1 fully saturated rings. The van der Waals surface area contributed by atoms with E-state index in [0.29, 0.717) is 5.92 Å². The van der Waals surface area contributed by atoms with Crippen molar-refractivity contribution in [2.75, 3.05) is 6.61 Å². The Bertz CT molecular complexity index is 496. The lowest BCUT2D eigenvalue weighted by Crippen LogP contribution is -2.12. The first-order valence-electron chi connectivity index (χ1n) is 8.25. The van der Waals surface area contributed by atoms with Crippen molar-refractivity contribution in [3.05, 3.63) is 52.1 Å². The quantitative estimate of drug-likeness (QED) is 0.314. The summed E-state index contributed by atoms with van der Waals surface area (Å²) in [5.74, 6) is 0.362. The molecule has 0 amide bonds. The second kappa shape index (κ2) is 8.69. The van der Waals surface area contributed by atoms with Crippen molar-refractivity contribution >= 4 is 5.69 Å². The molecule has 1 aliphatic heterocycles. The topological polar surface area (TPSA) is 52.4 Å². The summed E-state index contributed by atoms with van der Waals surface area (Å²) in [5.41, 5.74) is 1.17. The third-order valence-electron chi connectivity index (χ3n) is 4.16. The zero-order valence-electron chi connectivity index (χ0n) is 13.2. The van der Waals surface area contributed by atoms with E-state index in [9.17, 15) is 10.1 Å². The molecule has 1 saturated heterocycles. The van der Waals surface area contributed by atoms with Gasteiger partial charge in [-0.1, -0.05) is 38.3 Å². The predicted octanol–water partition coefficient (Wildman–Crippen LogP) is 5.20. The van der Waals surface area contributed by atoms with Gasteiger partial charge in [-0.2, -0.15) is 0 Å². The fourth-order valence-electron chi connectivity index (χ4n) is 2.89. The fourth-order valence-corrected chi connectivity index (χ4v) is 2.89. The minimum Gasteiger partial charge on any atom is -0.373 e. The lowest BCUT2D eigenvalue weighted by atomic mass is 9.91. The van der Waals surface area contributed by atoms with Crippen molar-refractivity contribution in [3.8, 4) is 0 Å². The van der Waals surface area contributed by atoms with E-state index in [2.05, 4.69) is 19.1 Å². The summed E-state index contributed by atoms with van der Waals surface area (Å²) < 4.78 is 6.04. The second-order valence-electron chi connectivity index (χ2n) is 5.87. The minimum atomic E-state index is -0.361. The molecule has 4 heteroatoms. The molecule has 120 valence electrons. The monoisotopic (exact) mass is 303 g/mol. The van der Waals surface area contributed by atoms with E-state index in [1.807, 2.05) is 12.1 Å². The van der Waals surface area contributed by atoms with Crippen LogP contribution in [0.3, 0.4) is 0 Å². The number of rotatable bonds is 6. The van der Waals surface area contributed by atoms with Crippen LogP contribution >= 0.6 is 0 Å². The number of benzene rings is 1. The first kappa shape index (κ1) is 16.7. The van der Waals surface area contributed by atoms with Crippen molar-refractivity contribution in [3.63, 3.8) is 0 Å². The summed E-state index contributed by atoms with van der Waals surface area (Å²) >= 11 is 0. The van der Waals surface area contributed by atoms with E-state index in [4.69, 9.17) is 4.74 Å². The molecule has 1 aromatic rings. The molecule has 0 bridgehead atoms. The van der Waals surface area contributed by atoms with E-state index < -0.39 is 0 Å². The van der Waals surface area contributed by atoms with Gasteiger partial charge in [-0.05, 0) is 37.0 Å². The molecule has 0 aromatic heterocycles. The molecule has 0 unspecified atom stereocenters. The number of hydrogen-bond acceptors (Lipinski definition) is 3. The molecule has 2 rings (SSSR count). The van der Waals surface area contributed by atoms with Gasteiger partial charge in [-0.15, -0.1) is 0 Å². The maximum Gasteiger partial charge on any atom is 0.269 e. The summed E-state index contributed by atoms with van der Waals surface area (Å²) in [7, 11) is 0. The second-order valence-corrected chi connectivity index (χ2v) is 5.87. The van der Waals surface area contributed by atoms with Crippen LogP contribution in [0, 0.1) is 16.0 Å². The van der Waals surface area contributed by atoms with E-state index in [0.717, 1.165) is 31.4 Å². The molecule has 0 spiro atoms. The standard InChI is InChI=1S/C18H25NO3/c1-2-3-4-5-8-15-9-6-7-14-22-18(15)16-10-12-17(13-11-16)19(20)21/h5,8,10-13,15,18H,2-4,6-7,9,14H2,1H3/b8-5+/t15-,18-/m0/s1. The van der Waals surface area contributed by atoms with Gasteiger partial charge in [0, 0.05) is 24.7 Å². The highest BCUT2D eigenvalue weighted by Crippen LogP contribution is 2.34. The van der Waals surface area contributed by atoms with Gasteiger partial charge in [0.2, 0.25) is 0 Å². The lowest BCUT2D eigenvalue weighted by Gasteiger charge is -2.23. The number of hydrogen-bond donors (Lipinski definition) is 0. The lowest BCUT2D eigenvalue weighted by molar-refractivity contribution is -0.384. The zero-order chi connectivity index (χ0) is 15.8. The number of nitro benzene ring substituents is 1. The van der Waals surface area contributed by atoms with Crippen LogP contribution in [0.4, 0.5) is 5.69 Å². The number of allylic oxidation sites excluding steroid dienone is 1. The molecule has 1 heterocycles. The van der Waals surface area contributed by atoms with E-state index in [1.165, 1.54) is 19.3 Å². The summed E-state index contributed by atoms with van der Waals surface area (Å²) in [6.45, 7) is 2.96. The van der Waals surface area contributed by atoms with Crippen LogP contribution in [0.25, 0.3) is 0 Å². The van der Waals surface area contributed by atoms with Crippen LogP contribution in [0.2, 0.25) is 0 Å². The molecule has 4 nitrogen and oxygen atoms in total. The molecule has 0 radical (unpaired) electrons. The summed E-state index contributed by atoms with van der Waals surface area (Å²) in [6, 6.07) is 6.81. The molecular formula is C18H25NO3. The van der Waals surface area contributed by atoms with Crippen LogP contribution < -0.4 is 0 Å². The predicted molar refractivity (Wildman–Crippen MR) is 87.8 cm³/mol. The van der Waals surface area contributed by atoms with Gasteiger partial charge in [0.05, 0.1) is 11.0 Å². The maximum atomic E-state index is 10.8. The fraction of sp³-hybridized carbons (Fsp3) is 0.556. The molecule has 1 aromatic carbocycles. The Morgan fingerprint density at radius 1 is 1.32 bits per heavy atom. The first-order valence-corrected chi connectivity index (χ1v) is 8.25. The van der Waals surface area contributed by atoms with E-state index in [1.54, 1.807) is 12.1 Å². The summed E-state index contributed by atoms with van der Waals surface area (Å²) in [4.78, 5) is 10.4. The zero-order valence-corrected chi connectivity index (χ0v) is 13.2. The average molecular weight is 303 g/mol. The van der Waals surface area contributed by atoms with Crippen LogP contribution in [0.1, 0.15) is 57.1 Å². The minimum absolute atomic E-state index is 0.0150. The van der Waals surface area contributed by atoms with Crippen LogP contribution in [-0.2, 0) is 4.74 Å². The number of non-ortho nitro benzene ring substituents is 1. The average Bonchev–Trinajstić information content (AvgIpc) is 2.77. The van der Waals surface area contributed by atoms with E-state index in [-0.39, 0.29) is 16.7 Å². The maximum absolute atomic E-state index is 10.8. The van der Waals surface area contributed by atoms with Gasteiger partial charge in [-0.25, -0.2) is 0 Å². The van der Waals surface area contributed by atoms with E-state index >= 15 is 0 Å². The molecule has 0 saturated carbocycles. The van der Waals surface area contributed by atoms with Crippen molar-refractivity contribution < 1.29 is 9.66 Å². The Hall–Kier alpha value is -1.68. The Morgan fingerprint density at radius 2 is 2.09 bits per heavy atom. The Morgan fingerprint density at radius 3 is 2.77 bits per heavy atom. The molecule has 2 atom stereocenters. The number of unbranched alkanes of at least 4 members (excludes halogenated alkanes) is 2. The smallest absolute Gasteiger partial charge is 0.269 e. The number of nitrogens with zero attached hydrogens (tertiary/aromatic N) is 1. The highest BCUT2D eigenvalue weighted by molar-refractivity contribution is 5.34. The van der Waals surface area contributed by atoms with Gasteiger partial charge >= 0.3 is 0 Å². The van der Waals surface area contributed by atoms with Crippen molar-refractivity contribution in [2.45, 2.75) is 51.6 Å². The SMILES string of the molecule is CCCC/C=C/[C@H]1CCCCO[C@@H]1c1ccc([N+](=O)[O-])cc1. The van der Waals surface area contributed by atoms with Crippen LogP contribution in [0.15, 0.2) is 36.4 Å². The summed E-state index contributed by atoms with van der Waals surface area (Å²) in [6.07, 6.45) is 11.5. The first-order chi connectivity index (χ1) is 10.7. The molecule has 0 N–H and O–H groups in total. The third kappa shape index (κ3) is 4.67. The molecule has 0 aliphatic carbocycles. The molecule has 22 heavy (non-hydrogen) atoms. The largest absolute Gasteiger partial charge is 0.373 e. The van der Waals surface area contributed by atoms with Gasteiger partial charge in [0.25, 0.3) is 5.69 Å². The third-order valence-corrected chi connectivity index (χ3v) is 4.16. The normalized spacial score (nSPS) is 22.6. The Kier molecular flexibility index (Phi) is 6.59. The van der Waals surface area contributed by atoms with Gasteiger partial charge in [-0.3, -0.25) is 10.1 Å². The van der Waals surface area contributed by atoms with Gasteiger partial charge in [0.1, 0.15) is 0 Å².